The second-order valence-electron chi connectivity index (χ2n) is 33.3. The molecule has 124 heavy (non-hydrogen) atoms. The molecule has 0 saturated carbocycles. The van der Waals surface area contributed by atoms with Crippen LogP contribution in [0.3, 0.4) is 0 Å². The Morgan fingerprint density at radius 2 is 0.403 bits per heavy atom. The highest BCUT2D eigenvalue weighted by atomic mass is 15.0. The Morgan fingerprint density at radius 3 is 0.895 bits per heavy atom. The van der Waals surface area contributed by atoms with Crippen molar-refractivity contribution >= 4 is 120 Å². The molecule has 27 rings (SSSR count). The van der Waals surface area contributed by atoms with Crippen LogP contribution >= 0.6 is 0 Å². The summed E-state index contributed by atoms with van der Waals surface area (Å²) in [5, 5.41) is 18.0. The Hall–Kier alpha value is -16.4. The lowest BCUT2D eigenvalue weighted by atomic mass is 9.94. The maximum atomic E-state index is 2.44. The van der Waals surface area contributed by atoms with Gasteiger partial charge >= 0.3 is 0 Å². The van der Waals surface area contributed by atoms with Crippen molar-refractivity contribution in [3.05, 3.63) is 449 Å². The first kappa shape index (κ1) is 69.5. The third-order valence-electron chi connectivity index (χ3n) is 26.7. The van der Waals surface area contributed by atoms with Gasteiger partial charge in [0.05, 0.1) is 44.1 Å². The SMILES string of the molecule is c1ccc(-c2ccc(-n3c4ccccc4c4cc(-c5ccc6c(c5)c5ccccc5n6-c5cccc(-c6ccc7c(c6)-c6cc8ccccc8c8cccc-7c68)c5)ccc43)cc2)cc1.c1ccc(-c2cccc(-n3c4ccccc4c4cc(-c5ccc6c(c5)c5ccccc5n6-c5ccc(-c6ccc7c8c(cccc68)-c6ccccc6-7)cc5)ccc43)c2)cc1. The monoisotopic (exact) mass is 1570 g/mol. The van der Waals surface area contributed by atoms with Gasteiger partial charge in [-0.3, -0.25) is 0 Å². The lowest BCUT2D eigenvalue weighted by Gasteiger charge is -2.12. The molecule has 4 heterocycles. The molecule has 0 unspecified atom stereocenters. The number of fused-ring (bicyclic) bond motifs is 20. The molecule has 4 heteroatoms. The van der Waals surface area contributed by atoms with Crippen LogP contribution < -0.4 is 0 Å². The maximum absolute atomic E-state index is 2.44. The standard InChI is InChI=1S/C62H38N2.C58H36N2/c1-2-12-39(13-3-1)40-24-29-46(30-25-40)63-58-22-8-6-18-50(58)55-36-43(27-32-60(55)63)44-28-33-61-56(37-44)51-19-7-9-23-59(51)64(61)47-16-10-15-41(34-47)42-26-31-49-53-21-11-20-52-48-17-5-4-14-45(48)38-57(62(52)53)54(49)35-42;1-2-12-37(13-3-1)39-14-10-15-43(34-39)60-55-23-9-7-19-48(55)53-36-41(27-33-57(53)60)40-26-32-56-52(35-40)47-18-6-8-22-54(47)59(56)42-28-24-38(25-29-42)44-30-31-51-46-17-5-4-16-45(46)50-21-11-20-49(44)58(50)51/h1-38H;1-36H. The maximum Gasteiger partial charge on any atom is 0.0541 e. The molecular weight excluding hydrogens is 1500 g/mol. The predicted octanol–water partition coefficient (Wildman–Crippen LogP) is 32.5. The molecule has 0 fully saturated rings. The van der Waals surface area contributed by atoms with E-state index < -0.39 is 0 Å². The summed E-state index contributed by atoms with van der Waals surface area (Å²) >= 11 is 0. The molecule has 0 amide bonds. The van der Waals surface area contributed by atoms with Crippen molar-refractivity contribution < 1.29 is 0 Å². The Balaban J connectivity index is 0.000000133. The second-order valence-corrected chi connectivity index (χ2v) is 33.3. The van der Waals surface area contributed by atoms with Crippen molar-refractivity contribution in [1.82, 2.24) is 18.3 Å². The minimum absolute atomic E-state index is 1.15. The predicted molar refractivity (Wildman–Crippen MR) is 524 cm³/mol. The molecule has 4 nitrogen and oxygen atoms in total. The molecule has 0 radical (unpaired) electrons. The van der Waals surface area contributed by atoms with Crippen LogP contribution in [0, 0.1) is 0 Å². The molecule has 21 aromatic carbocycles. The van der Waals surface area contributed by atoms with E-state index in [0.717, 1.165) is 22.7 Å². The van der Waals surface area contributed by atoms with E-state index in [1.54, 1.807) is 0 Å². The lowest BCUT2D eigenvalue weighted by Crippen LogP contribution is -1.94. The molecule has 0 saturated heterocycles. The van der Waals surface area contributed by atoms with Gasteiger partial charge in [0, 0.05) is 65.8 Å². The number of nitrogens with zero attached hydrogens (tertiary/aromatic N) is 4. The van der Waals surface area contributed by atoms with Gasteiger partial charge in [-0.25, -0.2) is 0 Å². The van der Waals surface area contributed by atoms with Crippen molar-refractivity contribution in [3.8, 4) is 134 Å². The van der Waals surface area contributed by atoms with E-state index >= 15 is 0 Å². The van der Waals surface area contributed by atoms with Crippen molar-refractivity contribution in [2.24, 2.45) is 0 Å². The van der Waals surface area contributed by atoms with Crippen LogP contribution in [0.25, 0.3) is 254 Å². The van der Waals surface area contributed by atoms with Gasteiger partial charge in [0.25, 0.3) is 0 Å². The van der Waals surface area contributed by atoms with E-state index in [1.807, 2.05) is 0 Å². The fourth-order valence-electron chi connectivity index (χ4n) is 21.1. The third kappa shape index (κ3) is 10.8. The summed E-state index contributed by atoms with van der Waals surface area (Å²) in [7, 11) is 0. The average molecular weight is 1570 g/mol. The number of aromatic nitrogens is 4. The second kappa shape index (κ2) is 27.6. The van der Waals surface area contributed by atoms with Crippen LogP contribution in [0.4, 0.5) is 0 Å². The first-order valence-electron chi connectivity index (χ1n) is 42.9. The fraction of sp³-hybridized carbons (Fsp3) is 0. The van der Waals surface area contributed by atoms with Gasteiger partial charge in [0.1, 0.15) is 0 Å². The summed E-state index contributed by atoms with van der Waals surface area (Å²) in [5.74, 6) is 0. The van der Waals surface area contributed by atoms with E-state index in [2.05, 4.69) is 467 Å². The highest BCUT2D eigenvalue weighted by Crippen LogP contribution is 2.53. The molecule has 0 atom stereocenters. The van der Waals surface area contributed by atoms with Crippen LogP contribution in [0.5, 0.6) is 0 Å². The summed E-state index contributed by atoms with van der Waals surface area (Å²) in [6, 6.07) is 166. The zero-order valence-corrected chi connectivity index (χ0v) is 67.5. The van der Waals surface area contributed by atoms with E-state index in [9.17, 15) is 0 Å². The molecule has 2 aliphatic rings. The average Bonchev–Trinajstić information content (AvgIpc) is 1.58. The normalized spacial score (nSPS) is 12.0. The van der Waals surface area contributed by atoms with Gasteiger partial charge in [-0.2, -0.15) is 0 Å². The van der Waals surface area contributed by atoms with E-state index in [1.165, 1.54) is 231 Å². The molecule has 0 aliphatic heterocycles. The van der Waals surface area contributed by atoms with Gasteiger partial charge in [-0.1, -0.05) is 315 Å². The van der Waals surface area contributed by atoms with Gasteiger partial charge in [-0.05, 0) is 277 Å². The highest BCUT2D eigenvalue weighted by molar-refractivity contribution is 6.25. The number of hydrogen-bond donors (Lipinski definition) is 0. The lowest BCUT2D eigenvalue weighted by molar-refractivity contribution is 1.18. The first-order valence-corrected chi connectivity index (χ1v) is 42.9. The molecule has 2 aliphatic carbocycles. The van der Waals surface area contributed by atoms with Crippen LogP contribution in [-0.4, -0.2) is 18.3 Å². The van der Waals surface area contributed by atoms with Gasteiger partial charge in [0.2, 0.25) is 0 Å². The Kier molecular flexibility index (Phi) is 15.5. The largest absolute Gasteiger partial charge is 0.309 e. The molecule has 574 valence electrons. The van der Waals surface area contributed by atoms with Crippen LogP contribution in [0.15, 0.2) is 449 Å². The number of rotatable bonds is 10. The van der Waals surface area contributed by atoms with Crippen molar-refractivity contribution in [2.75, 3.05) is 0 Å². The fourth-order valence-corrected chi connectivity index (χ4v) is 21.1. The quantitative estimate of drug-likeness (QED) is 0.122. The summed E-state index contributed by atoms with van der Waals surface area (Å²) in [5.41, 5.74) is 39.5. The number of hydrogen-bond acceptors (Lipinski definition) is 0. The van der Waals surface area contributed by atoms with E-state index in [4.69, 9.17) is 0 Å². The highest BCUT2D eigenvalue weighted by Gasteiger charge is 2.27. The van der Waals surface area contributed by atoms with Crippen LogP contribution in [0.1, 0.15) is 0 Å². The van der Waals surface area contributed by atoms with E-state index in [0.29, 0.717) is 0 Å². The molecule has 25 aromatic rings. The Morgan fingerprint density at radius 1 is 0.113 bits per heavy atom. The number of para-hydroxylation sites is 4. The minimum Gasteiger partial charge on any atom is -0.309 e. The molecule has 0 bridgehead atoms. The van der Waals surface area contributed by atoms with E-state index in [-0.39, 0.29) is 0 Å². The summed E-state index contributed by atoms with van der Waals surface area (Å²) in [4.78, 5) is 0. The minimum atomic E-state index is 1.15. The summed E-state index contributed by atoms with van der Waals surface area (Å²) in [6.07, 6.45) is 0. The third-order valence-corrected chi connectivity index (χ3v) is 26.7. The molecule has 0 spiro atoms. The molecule has 4 aromatic heterocycles. The smallest absolute Gasteiger partial charge is 0.0541 e. The Bertz CT molecular complexity index is 8740. The zero-order valence-electron chi connectivity index (χ0n) is 67.5. The van der Waals surface area contributed by atoms with Crippen molar-refractivity contribution in [3.63, 3.8) is 0 Å². The number of benzene rings is 21. The summed E-state index contributed by atoms with van der Waals surface area (Å²) in [6.45, 7) is 0. The Labute approximate surface area is 715 Å². The van der Waals surface area contributed by atoms with Gasteiger partial charge in [-0.15, -0.1) is 0 Å². The van der Waals surface area contributed by atoms with Crippen LogP contribution in [-0.2, 0) is 0 Å². The zero-order chi connectivity index (χ0) is 81.2. The first-order chi connectivity index (χ1) is 61.5. The molecular formula is C120H74N4. The summed E-state index contributed by atoms with van der Waals surface area (Å²) < 4.78 is 9.67. The topological polar surface area (TPSA) is 19.7 Å². The van der Waals surface area contributed by atoms with Crippen LogP contribution in [0.2, 0.25) is 0 Å². The van der Waals surface area contributed by atoms with Crippen molar-refractivity contribution in [1.29, 1.82) is 0 Å². The van der Waals surface area contributed by atoms with Gasteiger partial charge in [0.15, 0.2) is 0 Å². The van der Waals surface area contributed by atoms with Crippen molar-refractivity contribution in [2.45, 2.75) is 0 Å². The van der Waals surface area contributed by atoms with Gasteiger partial charge < -0.3 is 18.3 Å². The molecule has 0 N–H and O–H groups in total.